The molecule has 0 saturated heterocycles. The van der Waals surface area contributed by atoms with Crippen LogP contribution < -0.4 is 0 Å². The molecule has 1 aromatic heterocycles. The van der Waals surface area contributed by atoms with Crippen LogP contribution in [-0.4, -0.2) is 9.97 Å². The summed E-state index contributed by atoms with van der Waals surface area (Å²) in [5.74, 6) is 0.704. The molecule has 1 aliphatic carbocycles. The van der Waals surface area contributed by atoms with E-state index in [-0.39, 0.29) is 5.41 Å². The molecular formula is C55H38N2. The van der Waals surface area contributed by atoms with Gasteiger partial charge in [0.15, 0.2) is 5.82 Å². The van der Waals surface area contributed by atoms with Crippen molar-refractivity contribution in [3.05, 3.63) is 205 Å². The average Bonchev–Trinajstić information content (AvgIpc) is 3.50. The Morgan fingerprint density at radius 1 is 0.333 bits per heavy atom. The van der Waals surface area contributed by atoms with Gasteiger partial charge in [0.25, 0.3) is 0 Å². The summed E-state index contributed by atoms with van der Waals surface area (Å²) in [7, 11) is 0. The van der Waals surface area contributed by atoms with Gasteiger partial charge >= 0.3 is 0 Å². The van der Waals surface area contributed by atoms with Gasteiger partial charge in [0.05, 0.1) is 11.4 Å². The Hall–Kier alpha value is -7.16. The molecule has 1 heterocycles. The third kappa shape index (κ3) is 5.40. The smallest absolute Gasteiger partial charge is 0.161 e. The number of nitrogens with zero attached hydrogens (tertiary/aromatic N) is 2. The zero-order valence-corrected chi connectivity index (χ0v) is 31.9. The van der Waals surface area contributed by atoms with Crippen LogP contribution in [0.25, 0.3) is 99.6 Å². The van der Waals surface area contributed by atoms with Crippen molar-refractivity contribution in [2.45, 2.75) is 19.3 Å². The lowest BCUT2D eigenvalue weighted by Crippen LogP contribution is -2.14. The lowest BCUT2D eigenvalue weighted by Gasteiger charge is -2.22. The number of hydrogen-bond donors (Lipinski definition) is 0. The number of aromatic nitrogens is 2. The monoisotopic (exact) mass is 726 g/mol. The van der Waals surface area contributed by atoms with Crippen LogP contribution in [0.15, 0.2) is 194 Å². The molecule has 0 saturated carbocycles. The second-order valence-electron chi connectivity index (χ2n) is 15.7. The maximum absolute atomic E-state index is 5.37. The van der Waals surface area contributed by atoms with Gasteiger partial charge in [-0.1, -0.05) is 190 Å². The molecule has 0 unspecified atom stereocenters. The fourth-order valence-corrected chi connectivity index (χ4v) is 9.21. The normalized spacial score (nSPS) is 12.9. The Balaban J connectivity index is 1.05. The fourth-order valence-electron chi connectivity index (χ4n) is 9.21. The molecule has 0 amide bonds. The molecule has 0 aliphatic heterocycles. The van der Waals surface area contributed by atoms with E-state index in [0.29, 0.717) is 5.82 Å². The predicted octanol–water partition coefficient (Wildman–Crippen LogP) is 14.6. The molecule has 268 valence electrons. The van der Waals surface area contributed by atoms with E-state index in [1.54, 1.807) is 0 Å². The molecule has 0 fully saturated rings. The number of benzene rings is 9. The maximum atomic E-state index is 5.37. The Morgan fingerprint density at radius 2 is 0.789 bits per heavy atom. The highest BCUT2D eigenvalue weighted by Gasteiger charge is 2.37. The second kappa shape index (κ2) is 13.0. The lowest BCUT2D eigenvalue weighted by molar-refractivity contribution is 0.661. The molecule has 2 nitrogen and oxygen atoms in total. The second-order valence-corrected chi connectivity index (χ2v) is 15.7. The van der Waals surface area contributed by atoms with E-state index >= 15 is 0 Å². The minimum absolute atomic E-state index is 0.0882. The van der Waals surface area contributed by atoms with Crippen LogP contribution in [0.1, 0.15) is 25.0 Å². The van der Waals surface area contributed by atoms with Crippen molar-refractivity contribution in [3.8, 4) is 67.3 Å². The third-order valence-corrected chi connectivity index (χ3v) is 12.1. The summed E-state index contributed by atoms with van der Waals surface area (Å²) >= 11 is 0. The topological polar surface area (TPSA) is 25.8 Å². The standard InChI is InChI=1S/C55H38N2/c1-55(2)49-27-13-24-44(53(49)48-32-39-16-3-4-17-40(39)33-50(48)55)38-30-28-37(29-31-38)43-22-9-10-23-47(43)54-56-51(45-25-11-18-35-14-5-7-20-41(35)45)34-52(57-54)46-26-12-19-36-15-6-8-21-42(36)46/h3-34H,1-2H3. The molecule has 1 aliphatic rings. The highest BCUT2D eigenvalue weighted by molar-refractivity contribution is 6.01. The van der Waals surface area contributed by atoms with Crippen molar-refractivity contribution in [3.63, 3.8) is 0 Å². The average molecular weight is 727 g/mol. The number of fused-ring (bicyclic) bond motifs is 6. The van der Waals surface area contributed by atoms with Gasteiger partial charge in [0.1, 0.15) is 0 Å². The molecule has 0 spiro atoms. The maximum Gasteiger partial charge on any atom is 0.161 e. The Kier molecular flexibility index (Phi) is 7.55. The van der Waals surface area contributed by atoms with Crippen LogP contribution in [0.5, 0.6) is 0 Å². The zero-order chi connectivity index (χ0) is 38.1. The van der Waals surface area contributed by atoms with Gasteiger partial charge in [-0.05, 0) is 95.0 Å². The van der Waals surface area contributed by atoms with Gasteiger partial charge in [-0.25, -0.2) is 9.97 Å². The van der Waals surface area contributed by atoms with Crippen molar-refractivity contribution in [1.82, 2.24) is 9.97 Å². The van der Waals surface area contributed by atoms with E-state index in [4.69, 9.17) is 9.97 Å². The van der Waals surface area contributed by atoms with E-state index in [1.807, 2.05) is 0 Å². The van der Waals surface area contributed by atoms with Gasteiger partial charge in [0.2, 0.25) is 0 Å². The number of hydrogen-bond acceptors (Lipinski definition) is 2. The van der Waals surface area contributed by atoms with E-state index in [2.05, 4.69) is 208 Å². The molecular weight excluding hydrogens is 689 g/mol. The summed E-state index contributed by atoms with van der Waals surface area (Å²) in [5.41, 5.74) is 15.0. The predicted molar refractivity (Wildman–Crippen MR) is 239 cm³/mol. The van der Waals surface area contributed by atoms with E-state index < -0.39 is 0 Å². The largest absolute Gasteiger partial charge is 0.228 e. The van der Waals surface area contributed by atoms with Gasteiger partial charge in [-0.15, -0.1) is 0 Å². The quantitative estimate of drug-likeness (QED) is 0.176. The van der Waals surface area contributed by atoms with Crippen LogP contribution in [0.4, 0.5) is 0 Å². The van der Waals surface area contributed by atoms with Crippen LogP contribution in [0, 0.1) is 0 Å². The first kappa shape index (κ1) is 33.2. The Morgan fingerprint density at radius 3 is 1.42 bits per heavy atom. The lowest BCUT2D eigenvalue weighted by atomic mass is 9.81. The molecule has 0 radical (unpaired) electrons. The molecule has 0 atom stereocenters. The van der Waals surface area contributed by atoms with Crippen LogP contribution in [-0.2, 0) is 5.41 Å². The summed E-state index contributed by atoms with van der Waals surface area (Å²) in [4.78, 5) is 10.7. The van der Waals surface area contributed by atoms with Crippen LogP contribution >= 0.6 is 0 Å². The minimum Gasteiger partial charge on any atom is -0.228 e. The highest BCUT2D eigenvalue weighted by atomic mass is 14.9. The molecule has 2 heteroatoms. The molecule has 0 N–H and O–H groups in total. The first-order valence-corrected chi connectivity index (χ1v) is 19.7. The number of rotatable bonds is 5. The van der Waals surface area contributed by atoms with Crippen molar-refractivity contribution >= 4 is 32.3 Å². The van der Waals surface area contributed by atoms with E-state index in [9.17, 15) is 0 Å². The van der Waals surface area contributed by atoms with E-state index in [1.165, 1.54) is 65.7 Å². The molecule has 57 heavy (non-hydrogen) atoms. The fraction of sp³-hybridized carbons (Fsp3) is 0.0545. The van der Waals surface area contributed by atoms with Gasteiger partial charge in [-0.2, -0.15) is 0 Å². The van der Waals surface area contributed by atoms with Crippen molar-refractivity contribution in [2.24, 2.45) is 0 Å². The first-order chi connectivity index (χ1) is 28.0. The SMILES string of the molecule is CC1(C)c2cc3ccccc3cc2-c2c(-c3ccc(-c4ccccc4-c4nc(-c5cccc6ccccc56)cc(-c5cccc6ccccc56)n4)cc3)cccc21. The van der Waals surface area contributed by atoms with Crippen LogP contribution in [0.2, 0.25) is 0 Å². The highest BCUT2D eigenvalue weighted by Crippen LogP contribution is 2.53. The van der Waals surface area contributed by atoms with Gasteiger partial charge in [-0.3, -0.25) is 0 Å². The zero-order valence-electron chi connectivity index (χ0n) is 31.9. The summed E-state index contributed by atoms with van der Waals surface area (Å²) in [6.07, 6.45) is 0. The summed E-state index contributed by atoms with van der Waals surface area (Å²) in [6, 6.07) is 70.1. The summed E-state index contributed by atoms with van der Waals surface area (Å²) in [5, 5.41) is 7.28. The Labute approximate surface area is 332 Å². The van der Waals surface area contributed by atoms with Crippen LogP contribution in [0.3, 0.4) is 0 Å². The molecule has 10 aromatic rings. The van der Waals surface area contributed by atoms with Crippen molar-refractivity contribution < 1.29 is 0 Å². The van der Waals surface area contributed by atoms with E-state index in [0.717, 1.165) is 39.2 Å². The summed E-state index contributed by atoms with van der Waals surface area (Å²) < 4.78 is 0. The summed E-state index contributed by atoms with van der Waals surface area (Å²) in [6.45, 7) is 4.72. The first-order valence-electron chi connectivity index (χ1n) is 19.7. The Bertz CT molecular complexity index is 3100. The van der Waals surface area contributed by atoms with Gasteiger partial charge in [0, 0.05) is 22.1 Å². The minimum atomic E-state index is -0.0882. The van der Waals surface area contributed by atoms with Gasteiger partial charge < -0.3 is 0 Å². The molecule has 11 rings (SSSR count). The molecule has 9 aromatic carbocycles. The molecule has 0 bridgehead atoms. The third-order valence-electron chi connectivity index (χ3n) is 12.1. The van der Waals surface area contributed by atoms with Crippen molar-refractivity contribution in [1.29, 1.82) is 0 Å². The van der Waals surface area contributed by atoms with Crippen molar-refractivity contribution in [2.75, 3.05) is 0 Å².